The smallest absolute Gasteiger partial charge is 0.382 e. The lowest BCUT2D eigenvalue weighted by Gasteiger charge is -2.34. The van der Waals surface area contributed by atoms with Crippen LogP contribution in [0.5, 0.6) is 0 Å². The molecule has 3 aliphatic rings. The number of hydrogen-bond donors (Lipinski definition) is 5. The van der Waals surface area contributed by atoms with Crippen molar-refractivity contribution in [2.45, 2.75) is 62.4 Å². The molecule has 18 nitrogen and oxygen atoms in total. The third-order valence-electron chi connectivity index (χ3n) is 6.08. The second-order valence-corrected chi connectivity index (χ2v) is 13.1. The van der Waals surface area contributed by atoms with Crippen molar-refractivity contribution in [1.82, 2.24) is 19.5 Å². The Morgan fingerprint density at radius 3 is 2.41 bits per heavy atom. The molecule has 1 aliphatic carbocycles. The zero-order valence-electron chi connectivity index (χ0n) is 18.9. The Balaban J connectivity index is 1.37. The highest BCUT2D eigenvalue weighted by Crippen LogP contribution is 2.66. The Morgan fingerprint density at radius 2 is 1.70 bits per heavy atom. The van der Waals surface area contributed by atoms with Crippen molar-refractivity contribution in [3.63, 3.8) is 0 Å². The van der Waals surface area contributed by atoms with Gasteiger partial charge in [-0.1, -0.05) is 6.42 Å². The van der Waals surface area contributed by atoms with E-state index in [1.54, 1.807) is 4.57 Å². The third-order valence-corrected chi connectivity index (χ3v) is 9.88. The van der Waals surface area contributed by atoms with E-state index < -0.39 is 60.4 Å². The fourth-order valence-electron chi connectivity index (χ4n) is 4.71. The van der Waals surface area contributed by atoms with Crippen molar-refractivity contribution < 1.29 is 60.6 Å². The van der Waals surface area contributed by atoms with Crippen LogP contribution in [-0.4, -0.2) is 69.8 Å². The van der Waals surface area contributed by atoms with E-state index in [0.717, 1.165) is 19.3 Å². The van der Waals surface area contributed by atoms with E-state index in [9.17, 15) is 23.5 Å². The SMILES string of the molecule is Nc1ncnc2c1ncn2[C@@H]1O[C@H](COP(=O)(O)OP(=O)(O)OP(=O)(O)O)[C@H]2OC3(CCCCC3)O[C@H]21. The standard InChI is InChI=1S/C16H24N5O13P3/c17-13-10-14(19-7-18-13)21(8-20-10)15-12-11(31-16(32-12)4-2-1-3-5-16)9(30-15)6-29-36(25,26)34-37(27,28)33-35(22,23)24/h7-9,11-12,15H,1-6H2,(H,25,26)(H,27,28)(H2,17,18,19)(H2,22,23,24)/t9-,11-,12-,15-/m1/s1. The summed E-state index contributed by atoms with van der Waals surface area (Å²) in [4.78, 5) is 49.0. The van der Waals surface area contributed by atoms with Gasteiger partial charge in [0.05, 0.1) is 12.9 Å². The van der Waals surface area contributed by atoms with Gasteiger partial charge >= 0.3 is 23.5 Å². The van der Waals surface area contributed by atoms with Crippen molar-refractivity contribution in [1.29, 1.82) is 0 Å². The molecule has 4 heterocycles. The first kappa shape index (κ1) is 27.2. The first-order chi connectivity index (χ1) is 17.3. The Bertz CT molecular complexity index is 1310. The van der Waals surface area contributed by atoms with Crippen molar-refractivity contribution >= 4 is 40.4 Å². The molecule has 0 amide bonds. The maximum Gasteiger partial charge on any atom is 0.490 e. The second-order valence-electron chi connectivity index (χ2n) is 8.67. The molecule has 0 aromatic carbocycles. The molecule has 3 fully saturated rings. The minimum Gasteiger partial charge on any atom is -0.382 e. The molecular formula is C16H24N5O13P3. The van der Waals surface area contributed by atoms with E-state index in [4.69, 9.17) is 34.3 Å². The van der Waals surface area contributed by atoms with Gasteiger partial charge in [0.1, 0.15) is 30.2 Å². The number of rotatable bonds is 8. The van der Waals surface area contributed by atoms with Crippen LogP contribution in [0.15, 0.2) is 12.7 Å². The number of hydrogen-bond acceptors (Lipinski definition) is 13. The number of imidazole rings is 1. The minimum absolute atomic E-state index is 0.148. The number of aromatic nitrogens is 4. The third kappa shape index (κ3) is 5.82. The van der Waals surface area contributed by atoms with Crippen molar-refractivity contribution in [3.05, 3.63) is 12.7 Å². The maximum atomic E-state index is 12.3. The number of nitrogens with zero attached hydrogens (tertiary/aromatic N) is 4. The number of nitrogen functional groups attached to an aromatic ring is 1. The van der Waals surface area contributed by atoms with E-state index in [1.807, 2.05) is 0 Å². The maximum absolute atomic E-state index is 12.3. The summed E-state index contributed by atoms with van der Waals surface area (Å²) in [6, 6.07) is 0. The first-order valence-corrected chi connectivity index (χ1v) is 15.5. The highest BCUT2D eigenvalue weighted by Gasteiger charge is 2.59. The van der Waals surface area contributed by atoms with Crippen molar-refractivity contribution in [3.8, 4) is 0 Å². The molecule has 1 spiro atoms. The fraction of sp³-hybridized carbons (Fsp3) is 0.688. The van der Waals surface area contributed by atoms with E-state index in [2.05, 4.69) is 23.6 Å². The lowest BCUT2D eigenvalue weighted by molar-refractivity contribution is -0.232. The highest BCUT2D eigenvalue weighted by atomic mass is 31.3. The molecule has 206 valence electrons. The summed E-state index contributed by atoms with van der Waals surface area (Å²) in [5.41, 5.74) is 6.55. The molecule has 21 heteroatoms. The fourth-order valence-corrected chi connectivity index (χ4v) is 7.74. The summed E-state index contributed by atoms with van der Waals surface area (Å²) in [5.74, 6) is -0.745. The molecule has 2 saturated heterocycles. The topological polar surface area (TPSA) is 257 Å². The van der Waals surface area contributed by atoms with Crippen LogP contribution in [-0.2, 0) is 41.1 Å². The van der Waals surface area contributed by atoms with Crippen LogP contribution in [0.25, 0.3) is 11.2 Å². The lowest BCUT2D eigenvalue weighted by atomic mass is 9.94. The monoisotopic (exact) mass is 587 g/mol. The molecule has 2 aliphatic heterocycles. The molecule has 2 aromatic rings. The van der Waals surface area contributed by atoms with Gasteiger partial charge < -0.3 is 39.5 Å². The normalized spacial score (nSPS) is 30.8. The Morgan fingerprint density at radius 1 is 1.00 bits per heavy atom. The Labute approximate surface area is 208 Å². The van der Waals surface area contributed by atoms with Crippen molar-refractivity contribution in [2.75, 3.05) is 12.3 Å². The van der Waals surface area contributed by atoms with E-state index >= 15 is 0 Å². The second kappa shape index (κ2) is 9.68. The lowest BCUT2D eigenvalue weighted by Crippen LogP contribution is -2.37. The summed E-state index contributed by atoms with van der Waals surface area (Å²) in [7, 11) is -16.6. The van der Waals surface area contributed by atoms with Crippen LogP contribution in [0.4, 0.5) is 5.82 Å². The van der Waals surface area contributed by atoms with Gasteiger partial charge in [-0.3, -0.25) is 9.09 Å². The van der Waals surface area contributed by atoms with Crippen LogP contribution in [0.3, 0.4) is 0 Å². The van der Waals surface area contributed by atoms with E-state index in [0.29, 0.717) is 24.0 Å². The zero-order valence-corrected chi connectivity index (χ0v) is 21.6. The van der Waals surface area contributed by atoms with Crippen LogP contribution >= 0.6 is 23.5 Å². The molecule has 6 atom stereocenters. The summed E-state index contributed by atoms with van der Waals surface area (Å²) in [5, 5.41) is 0. The number of anilines is 1. The number of fused-ring (bicyclic) bond motifs is 2. The zero-order chi connectivity index (χ0) is 26.6. The van der Waals surface area contributed by atoms with Crippen LogP contribution in [0.1, 0.15) is 38.3 Å². The minimum atomic E-state index is -5.67. The molecule has 0 radical (unpaired) electrons. The Hall–Kier alpha value is -1.36. The summed E-state index contributed by atoms with van der Waals surface area (Å²) >= 11 is 0. The van der Waals surface area contributed by atoms with Gasteiger partial charge in [0.2, 0.25) is 0 Å². The van der Waals surface area contributed by atoms with Gasteiger partial charge in [0.15, 0.2) is 23.5 Å². The number of phosphoric acid groups is 3. The van der Waals surface area contributed by atoms with Crippen molar-refractivity contribution in [2.24, 2.45) is 0 Å². The van der Waals surface area contributed by atoms with Gasteiger partial charge in [-0.05, 0) is 12.8 Å². The average molecular weight is 587 g/mol. The van der Waals surface area contributed by atoms with E-state index in [1.165, 1.54) is 12.7 Å². The number of nitrogens with two attached hydrogens (primary N) is 1. The van der Waals surface area contributed by atoms with Crippen LogP contribution in [0, 0.1) is 0 Å². The van der Waals surface area contributed by atoms with Gasteiger partial charge in [-0.15, -0.1) is 0 Å². The van der Waals surface area contributed by atoms with E-state index in [-0.39, 0.29) is 5.82 Å². The quantitative estimate of drug-likeness (QED) is 0.271. The summed E-state index contributed by atoms with van der Waals surface area (Å²) in [6.07, 6.45) is 3.24. The van der Waals surface area contributed by atoms with Gasteiger partial charge in [0, 0.05) is 12.8 Å². The molecule has 0 bridgehead atoms. The summed E-state index contributed by atoms with van der Waals surface area (Å²) < 4.78 is 67.2. The summed E-state index contributed by atoms with van der Waals surface area (Å²) in [6.45, 7) is -0.690. The Kier molecular flexibility index (Phi) is 7.12. The molecular weight excluding hydrogens is 563 g/mol. The van der Waals surface area contributed by atoms with Crippen LogP contribution in [0.2, 0.25) is 0 Å². The predicted octanol–water partition coefficient (Wildman–Crippen LogP) is 1.09. The largest absolute Gasteiger partial charge is 0.490 e. The van der Waals surface area contributed by atoms with Crippen LogP contribution < -0.4 is 5.73 Å². The molecule has 1 saturated carbocycles. The van der Waals surface area contributed by atoms with Gasteiger partial charge in [-0.2, -0.15) is 8.62 Å². The average Bonchev–Trinajstić information content (AvgIpc) is 3.43. The number of ether oxygens (including phenoxy) is 3. The molecule has 37 heavy (non-hydrogen) atoms. The van der Waals surface area contributed by atoms with Gasteiger partial charge in [-0.25, -0.2) is 28.6 Å². The number of phosphoric ester groups is 1. The first-order valence-electron chi connectivity index (χ1n) is 11.0. The van der Waals surface area contributed by atoms with Gasteiger partial charge in [0.25, 0.3) is 0 Å². The predicted molar refractivity (Wildman–Crippen MR) is 119 cm³/mol. The molecule has 5 rings (SSSR count). The molecule has 2 unspecified atom stereocenters. The molecule has 2 aromatic heterocycles. The molecule has 6 N–H and O–H groups in total. The highest BCUT2D eigenvalue weighted by molar-refractivity contribution is 7.66.